The molecule has 0 aliphatic heterocycles. The molecule has 4 N–H and O–H groups in total. The Morgan fingerprint density at radius 2 is 1.92 bits per heavy atom. The van der Waals surface area contributed by atoms with Gasteiger partial charge in [0.25, 0.3) is 5.91 Å². The van der Waals surface area contributed by atoms with Crippen LogP contribution in [0.3, 0.4) is 0 Å². The van der Waals surface area contributed by atoms with Gasteiger partial charge in [-0.15, -0.1) is 0 Å². The molecule has 2 aromatic rings. The summed E-state index contributed by atoms with van der Waals surface area (Å²) in [5.41, 5.74) is 6.07. The number of aromatic nitrogens is 1. The van der Waals surface area contributed by atoms with Crippen LogP contribution in [0.25, 0.3) is 0 Å². The molecule has 0 saturated heterocycles. The first-order valence-corrected chi connectivity index (χ1v) is 8.40. The van der Waals surface area contributed by atoms with Gasteiger partial charge in [-0.2, -0.15) is 0 Å². The van der Waals surface area contributed by atoms with Crippen LogP contribution in [0.1, 0.15) is 54.0 Å². The van der Waals surface area contributed by atoms with E-state index in [1.54, 1.807) is 12.1 Å². The Kier molecular flexibility index (Phi) is 6.80. The number of aliphatic hydroxyl groups excluding tert-OH is 1. The number of carbonyl (C=O) groups excluding carboxylic acids is 2. The van der Waals surface area contributed by atoms with Crippen LogP contribution in [-0.4, -0.2) is 27.9 Å². The van der Waals surface area contributed by atoms with E-state index >= 15 is 0 Å². The van der Waals surface area contributed by atoms with Crippen molar-refractivity contribution in [3.63, 3.8) is 0 Å². The summed E-state index contributed by atoms with van der Waals surface area (Å²) >= 11 is 0. The Balaban J connectivity index is 2.15. The number of nitrogens with zero attached hydrogens (tertiary/aromatic N) is 1. The van der Waals surface area contributed by atoms with Crippen LogP contribution < -0.4 is 11.1 Å². The highest BCUT2D eigenvalue weighted by molar-refractivity contribution is 5.92. The van der Waals surface area contributed by atoms with Gasteiger partial charge in [0, 0.05) is 12.5 Å². The minimum Gasteiger partial charge on any atom is -0.382 e. The average molecular weight is 359 g/mol. The fourth-order valence-corrected chi connectivity index (χ4v) is 2.62. The normalized spacial score (nSPS) is 13.0. The van der Waals surface area contributed by atoms with Gasteiger partial charge in [-0.05, 0) is 36.2 Å². The number of pyridine rings is 1. The van der Waals surface area contributed by atoms with Crippen molar-refractivity contribution in [3.8, 4) is 0 Å². The Morgan fingerprint density at radius 1 is 1.23 bits per heavy atom. The lowest BCUT2D eigenvalue weighted by Gasteiger charge is -2.17. The van der Waals surface area contributed by atoms with Gasteiger partial charge in [-0.3, -0.25) is 9.59 Å². The molecule has 0 spiro atoms. The molecular weight excluding hydrogens is 337 g/mol. The molecule has 7 heteroatoms. The molecule has 0 bridgehead atoms. The third-order valence-corrected chi connectivity index (χ3v) is 3.89. The summed E-state index contributed by atoms with van der Waals surface area (Å²) in [6.45, 7) is 1.94. The molecule has 0 aliphatic carbocycles. The number of carbonyl (C=O) groups is 2. The van der Waals surface area contributed by atoms with Crippen molar-refractivity contribution in [1.82, 2.24) is 10.3 Å². The lowest BCUT2D eigenvalue weighted by molar-refractivity contribution is -0.118. The summed E-state index contributed by atoms with van der Waals surface area (Å²) < 4.78 is 13.0. The Morgan fingerprint density at radius 3 is 2.54 bits per heavy atom. The molecular formula is C19H22FN3O3. The molecule has 138 valence electrons. The highest BCUT2D eigenvalue weighted by atomic mass is 19.1. The Bertz CT molecular complexity index is 765. The third-order valence-electron chi connectivity index (χ3n) is 3.89. The maximum Gasteiger partial charge on any atom is 0.270 e. The van der Waals surface area contributed by atoms with Crippen molar-refractivity contribution in [1.29, 1.82) is 0 Å². The van der Waals surface area contributed by atoms with Gasteiger partial charge >= 0.3 is 0 Å². The number of benzene rings is 1. The molecule has 2 amide bonds. The number of hydrogen-bond acceptors (Lipinski definition) is 4. The first-order chi connectivity index (χ1) is 12.4. The van der Waals surface area contributed by atoms with Gasteiger partial charge < -0.3 is 16.2 Å². The number of halogens is 1. The highest BCUT2D eigenvalue weighted by Crippen LogP contribution is 2.20. The topological polar surface area (TPSA) is 105 Å². The molecule has 1 unspecified atom stereocenters. The van der Waals surface area contributed by atoms with Gasteiger partial charge in [0.1, 0.15) is 17.6 Å². The summed E-state index contributed by atoms with van der Waals surface area (Å²) in [4.78, 5) is 27.7. The minimum absolute atomic E-state index is 0.0531. The number of amides is 2. The van der Waals surface area contributed by atoms with E-state index in [0.717, 1.165) is 6.42 Å². The summed E-state index contributed by atoms with van der Waals surface area (Å²) in [5.74, 6) is -1.34. The predicted molar refractivity (Wildman–Crippen MR) is 94.7 cm³/mol. The first kappa shape index (κ1) is 19.5. The van der Waals surface area contributed by atoms with Crippen molar-refractivity contribution in [2.45, 2.75) is 38.3 Å². The smallest absolute Gasteiger partial charge is 0.270 e. The first-order valence-electron chi connectivity index (χ1n) is 8.40. The Hall–Kier alpha value is -2.80. The summed E-state index contributed by atoms with van der Waals surface area (Å²) in [6.07, 6.45) is 0.374. The third kappa shape index (κ3) is 5.35. The van der Waals surface area contributed by atoms with E-state index in [-0.39, 0.29) is 23.9 Å². The molecule has 0 fully saturated rings. The predicted octanol–water partition coefficient (Wildman–Crippen LogP) is 2.08. The molecule has 1 aromatic heterocycles. The highest BCUT2D eigenvalue weighted by Gasteiger charge is 2.18. The summed E-state index contributed by atoms with van der Waals surface area (Å²) in [7, 11) is 0. The largest absolute Gasteiger partial charge is 0.382 e. The van der Waals surface area contributed by atoms with Crippen LogP contribution in [0, 0.1) is 5.82 Å². The lowest BCUT2D eigenvalue weighted by Crippen LogP contribution is -2.38. The molecule has 0 radical (unpaired) electrons. The fraction of sp³-hybridized carbons (Fsp3) is 0.316. The number of hydrogen-bond donors (Lipinski definition) is 3. The summed E-state index contributed by atoms with van der Waals surface area (Å²) in [6, 6.07) is 9.74. The zero-order valence-electron chi connectivity index (χ0n) is 14.5. The maximum atomic E-state index is 13.0. The van der Waals surface area contributed by atoms with Crippen molar-refractivity contribution >= 4 is 11.8 Å². The van der Waals surface area contributed by atoms with Crippen molar-refractivity contribution < 1.29 is 19.1 Å². The number of rotatable bonds is 8. The zero-order valence-corrected chi connectivity index (χ0v) is 14.5. The van der Waals surface area contributed by atoms with E-state index in [9.17, 15) is 19.1 Å². The second-order valence-corrected chi connectivity index (χ2v) is 6.03. The molecule has 2 atom stereocenters. The van der Waals surface area contributed by atoms with Crippen LogP contribution in [0.2, 0.25) is 0 Å². The van der Waals surface area contributed by atoms with Crippen LogP contribution in [0.5, 0.6) is 0 Å². The number of nitrogens with two attached hydrogens (primary N) is 1. The van der Waals surface area contributed by atoms with E-state index < -0.39 is 23.7 Å². The van der Waals surface area contributed by atoms with E-state index in [0.29, 0.717) is 12.0 Å². The molecule has 0 aliphatic rings. The van der Waals surface area contributed by atoms with Crippen LogP contribution in [0.15, 0.2) is 42.5 Å². The Labute approximate surface area is 151 Å². The van der Waals surface area contributed by atoms with Crippen LogP contribution in [-0.2, 0) is 4.79 Å². The molecule has 2 rings (SSSR count). The second kappa shape index (κ2) is 9.05. The lowest BCUT2D eigenvalue weighted by atomic mass is 10.1. The standard InChI is InChI=1S/C19H22FN3O3/c1-2-4-14(11-17(21)24)22-19(26)16-6-3-5-15(23-16)18(25)12-7-9-13(20)10-8-12/h3,5-10,14,18,25H,2,4,11H2,1H3,(H2,21,24)(H,22,26)/t14-,18?/m0/s1. The van der Waals surface area contributed by atoms with E-state index in [4.69, 9.17) is 5.73 Å². The fourth-order valence-electron chi connectivity index (χ4n) is 2.62. The SMILES string of the molecule is CCC[C@@H](CC(N)=O)NC(=O)c1cccc(C(O)c2ccc(F)cc2)n1. The van der Waals surface area contributed by atoms with Gasteiger partial charge in [0.15, 0.2) is 0 Å². The summed E-state index contributed by atoms with van der Waals surface area (Å²) in [5, 5.41) is 13.1. The maximum absolute atomic E-state index is 13.0. The van der Waals surface area contributed by atoms with E-state index in [1.165, 1.54) is 30.3 Å². The van der Waals surface area contributed by atoms with E-state index in [2.05, 4.69) is 10.3 Å². The monoisotopic (exact) mass is 359 g/mol. The number of aliphatic hydroxyl groups is 1. The van der Waals surface area contributed by atoms with Gasteiger partial charge in [-0.25, -0.2) is 9.37 Å². The van der Waals surface area contributed by atoms with Gasteiger partial charge in [0.2, 0.25) is 5.91 Å². The van der Waals surface area contributed by atoms with Crippen molar-refractivity contribution in [2.24, 2.45) is 5.73 Å². The number of primary amides is 1. The molecule has 1 aromatic carbocycles. The van der Waals surface area contributed by atoms with Gasteiger partial charge in [-0.1, -0.05) is 31.5 Å². The van der Waals surface area contributed by atoms with Crippen LogP contribution >= 0.6 is 0 Å². The van der Waals surface area contributed by atoms with Gasteiger partial charge in [0.05, 0.1) is 5.69 Å². The van der Waals surface area contributed by atoms with Crippen molar-refractivity contribution in [2.75, 3.05) is 0 Å². The molecule has 1 heterocycles. The van der Waals surface area contributed by atoms with Crippen molar-refractivity contribution in [3.05, 3.63) is 65.2 Å². The zero-order chi connectivity index (χ0) is 19.1. The van der Waals surface area contributed by atoms with Crippen LogP contribution in [0.4, 0.5) is 4.39 Å². The quantitative estimate of drug-likeness (QED) is 0.671. The second-order valence-electron chi connectivity index (χ2n) is 6.03. The molecule has 26 heavy (non-hydrogen) atoms. The average Bonchev–Trinajstić information content (AvgIpc) is 2.61. The number of nitrogens with one attached hydrogen (secondary N) is 1. The van der Waals surface area contributed by atoms with E-state index in [1.807, 2.05) is 6.92 Å². The molecule has 6 nitrogen and oxygen atoms in total. The molecule has 0 saturated carbocycles. The minimum atomic E-state index is -1.08.